The van der Waals surface area contributed by atoms with Crippen molar-refractivity contribution in [1.29, 1.82) is 0 Å². The number of aliphatic hydroxyl groups excluding tert-OH is 1. The maximum Gasteiger partial charge on any atom is 0.225 e. The summed E-state index contributed by atoms with van der Waals surface area (Å²) in [5.74, 6) is 0.304. The van der Waals surface area contributed by atoms with Crippen LogP contribution < -0.4 is 0 Å². The summed E-state index contributed by atoms with van der Waals surface area (Å²) in [5, 5.41) is 9.84. The SMILES string of the molecule is COCC[C@]1(CO)CCCN(C(=O)C2CCN(C(C)=O)CC2)C1. The van der Waals surface area contributed by atoms with E-state index in [4.69, 9.17) is 4.74 Å². The molecule has 6 heteroatoms. The van der Waals surface area contributed by atoms with E-state index in [1.165, 1.54) is 0 Å². The predicted molar refractivity (Wildman–Crippen MR) is 86.8 cm³/mol. The molecule has 0 aromatic heterocycles. The van der Waals surface area contributed by atoms with Gasteiger partial charge in [-0.1, -0.05) is 0 Å². The molecule has 2 amide bonds. The molecule has 2 aliphatic rings. The number of methoxy groups -OCH3 is 1. The van der Waals surface area contributed by atoms with Crippen LogP contribution in [0.2, 0.25) is 0 Å². The Bertz CT molecular complexity index is 421. The molecule has 1 N–H and O–H groups in total. The zero-order chi connectivity index (χ0) is 16.9. The summed E-state index contributed by atoms with van der Waals surface area (Å²) in [4.78, 5) is 28.0. The Kier molecular flexibility index (Phi) is 6.41. The lowest BCUT2D eigenvalue weighted by molar-refractivity contribution is -0.144. The zero-order valence-corrected chi connectivity index (χ0v) is 14.4. The normalized spacial score (nSPS) is 26.4. The van der Waals surface area contributed by atoms with Gasteiger partial charge in [-0.25, -0.2) is 0 Å². The van der Waals surface area contributed by atoms with Crippen LogP contribution in [0.1, 0.15) is 39.0 Å². The highest BCUT2D eigenvalue weighted by Gasteiger charge is 2.38. The number of carbonyl (C=O) groups excluding carboxylic acids is 2. The Labute approximate surface area is 138 Å². The Morgan fingerprint density at radius 2 is 1.91 bits per heavy atom. The molecule has 6 nitrogen and oxygen atoms in total. The lowest BCUT2D eigenvalue weighted by Gasteiger charge is -2.43. The lowest BCUT2D eigenvalue weighted by atomic mass is 9.77. The standard InChI is InChI=1S/C17H30N2O4/c1-14(21)18-9-4-15(5-10-18)16(22)19-8-3-6-17(12-19,13-20)7-11-23-2/h15,20H,3-13H2,1-2H3/t17-/m1/s1. The average molecular weight is 326 g/mol. The van der Waals surface area contributed by atoms with Crippen molar-refractivity contribution in [2.24, 2.45) is 11.3 Å². The molecule has 2 rings (SSSR count). The maximum atomic E-state index is 12.8. The molecule has 0 bridgehead atoms. The molecular weight excluding hydrogens is 296 g/mol. The average Bonchev–Trinajstić information content (AvgIpc) is 2.59. The molecule has 0 aromatic carbocycles. The topological polar surface area (TPSA) is 70.1 Å². The number of amides is 2. The van der Waals surface area contributed by atoms with Gasteiger partial charge < -0.3 is 19.6 Å². The molecule has 0 aliphatic carbocycles. The van der Waals surface area contributed by atoms with Crippen LogP contribution in [0.3, 0.4) is 0 Å². The van der Waals surface area contributed by atoms with Gasteiger partial charge in [-0.3, -0.25) is 9.59 Å². The van der Waals surface area contributed by atoms with Crippen molar-refractivity contribution in [2.75, 3.05) is 46.5 Å². The first kappa shape index (κ1) is 18.2. The van der Waals surface area contributed by atoms with E-state index in [0.29, 0.717) is 26.2 Å². The Hall–Kier alpha value is -1.14. The predicted octanol–water partition coefficient (Wildman–Crippen LogP) is 0.883. The van der Waals surface area contributed by atoms with Crippen LogP contribution in [0.25, 0.3) is 0 Å². The summed E-state index contributed by atoms with van der Waals surface area (Å²) in [6.45, 7) is 5.04. The molecule has 0 aromatic rings. The van der Waals surface area contributed by atoms with Gasteiger partial charge in [0, 0.05) is 58.2 Å². The van der Waals surface area contributed by atoms with E-state index < -0.39 is 0 Å². The number of aliphatic hydroxyl groups is 1. The monoisotopic (exact) mass is 326 g/mol. The summed E-state index contributed by atoms with van der Waals surface area (Å²) >= 11 is 0. The molecule has 132 valence electrons. The van der Waals surface area contributed by atoms with Crippen molar-refractivity contribution in [1.82, 2.24) is 9.80 Å². The number of nitrogens with zero attached hydrogens (tertiary/aromatic N) is 2. The smallest absolute Gasteiger partial charge is 0.225 e. The molecule has 1 atom stereocenters. The minimum absolute atomic E-state index is 0.0162. The van der Waals surface area contributed by atoms with Crippen molar-refractivity contribution in [3.63, 3.8) is 0 Å². The van der Waals surface area contributed by atoms with Crippen molar-refractivity contribution >= 4 is 11.8 Å². The summed E-state index contributed by atoms with van der Waals surface area (Å²) in [6, 6.07) is 0. The van der Waals surface area contributed by atoms with Crippen LogP contribution in [-0.4, -0.2) is 73.2 Å². The van der Waals surface area contributed by atoms with Crippen molar-refractivity contribution in [3.05, 3.63) is 0 Å². The highest BCUT2D eigenvalue weighted by atomic mass is 16.5. The quantitative estimate of drug-likeness (QED) is 0.814. The number of rotatable bonds is 5. The summed E-state index contributed by atoms with van der Waals surface area (Å²) in [7, 11) is 1.67. The van der Waals surface area contributed by atoms with Crippen molar-refractivity contribution < 1.29 is 19.4 Å². The highest BCUT2D eigenvalue weighted by Crippen LogP contribution is 2.34. The zero-order valence-electron chi connectivity index (χ0n) is 14.4. The number of ether oxygens (including phenoxy) is 1. The Morgan fingerprint density at radius 1 is 1.22 bits per heavy atom. The summed E-state index contributed by atoms with van der Waals surface area (Å²) in [6.07, 6.45) is 4.16. The van der Waals surface area contributed by atoms with Gasteiger partial charge in [0.05, 0.1) is 6.61 Å². The Balaban J connectivity index is 1.93. The third kappa shape index (κ3) is 4.44. The van der Waals surface area contributed by atoms with E-state index >= 15 is 0 Å². The second kappa shape index (κ2) is 8.11. The lowest BCUT2D eigenvalue weighted by Crippen LogP contribution is -2.51. The molecule has 23 heavy (non-hydrogen) atoms. The van der Waals surface area contributed by atoms with E-state index in [1.807, 2.05) is 9.80 Å². The number of likely N-dealkylation sites (tertiary alicyclic amines) is 2. The summed E-state index contributed by atoms with van der Waals surface area (Å²) < 4.78 is 5.17. The van der Waals surface area contributed by atoms with Crippen LogP contribution in [0.15, 0.2) is 0 Å². The fourth-order valence-electron chi connectivity index (χ4n) is 3.83. The van der Waals surface area contributed by atoms with Gasteiger partial charge in [0.2, 0.25) is 11.8 Å². The van der Waals surface area contributed by atoms with Crippen molar-refractivity contribution in [3.8, 4) is 0 Å². The molecule has 0 radical (unpaired) electrons. The van der Waals surface area contributed by atoms with E-state index in [1.54, 1.807) is 14.0 Å². The van der Waals surface area contributed by atoms with Crippen molar-refractivity contribution in [2.45, 2.75) is 39.0 Å². The maximum absolute atomic E-state index is 12.8. The van der Waals surface area contributed by atoms with Gasteiger partial charge in [-0.2, -0.15) is 0 Å². The molecular formula is C17H30N2O4. The van der Waals surface area contributed by atoms with E-state index in [0.717, 1.165) is 38.6 Å². The van der Waals surface area contributed by atoms with Gasteiger partial charge in [0.15, 0.2) is 0 Å². The molecule has 0 unspecified atom stereocenters. The van der Waals surface area contributed by atoms with E-state index in [2.05, 4.69) is 0 Å². The van der Waals surface area contributed by atoms with Crippen LogP contribution in [0, 0.1) is 11.3 Å². The fraction of sp³-hybridized carbons (Fsp3) is 0.882. The van der Waals surface area contributed by atoms with Crippen LogP contribution in [0.4, 0.5) is 0 Å². The third-order valence-electron chi connectivity index (χ3n) is 5.43. The minimum atomic E-state index is -0.218. The largest absolute Gasteiger partial charge is 0.396 e. The molecule has 2 heterocycles. The van der Waals surface area contributed by atoms with Gasteiger partial charge in [0.1, 0.15) is 0 Å². The van der Waals surface area contributed by atoms with Gasteiger partial charge in [0.25, 0.3) is 0 Å². The number of hydrogen-bond donors (Lipinski definition) is 1. The fourth-order valence-corrected chi connectivity index (χ4v) is 3.83. The van der Waals surface area contributed by atoms with Gasteiger partial charge in [-0.05, 0) is 32.1 Å². The van der Waals surface area contributed by atoms with Crippen LogP contribution in [-0.2, 0) is 14.3 Å². The van der Waals surface area contributed by atoms with Crippen LogP contribution >= 0.6 is 0 Å². The molecule has 2 fully saturated rings. The first-order valence-corrected chi connectivity index (χ1v) is 8.65. The minimum Gasteiger partial charge on any atom is -0.396 e. The highest BCUT2D eigenvalue weighted by molar-refractivity contribution is 5.80. The van der Waals surface area contributed by atoms with E-state index in [-0.39, 0.29) is 29.8 Å². The van der Waals surface area contributed by atoms with Gasteiger partial charge >= 0.3 is 0 Å². The first-order chi connectivity index (χ1) is 11.0. The number of carbonyl (C=O) groups is 2. The molecule has 2 aliphatic heterocycles. The molecule has 0 spiro atoms. The summed E-state index contributed by atoms with van der Waals surface area (Å²) in [5.41, 5.74) is -0.218. The first-order valence-electron chi connectivity index (χ1n) is 8.65. The Morgan fingerprint density at radius 3 is 2.48 bits per heavy atom. The second-order valence-electron chi connectivity index (χ2n) is 7.04. The number of piperidine rings is 2. The van der Waals surface area contributed by atoms with Gasteiger partial charge in [-0.15, -0.1) is 0 Å². The second-order valence-corrected chi connectivity index (χ2v) is 7.04. The molecule has 2 saturated heterocycles. The van der Waals surface area contributed by atoms with Crippen LogP contribution in [0.5, 0.6) is 0 Å². The van der Waals surface area contributed by atoms with E-state index in [9.17, 15) is 14.7 Å². The number of hydrogen-bond acceptors (Lipinski definition) is 4. The third-order valence-corrected chi connectivity index (χ3v) is 5.43. The molecule has 0 saturated carbocycles.